The molecule has 1 aromatic carbocycles. The average molecular weight is 347 g/mol. The Labute approximate surface area is 147 Å². The van der Waals surface area contributed by atoms with Gasteiger partial charge in [-0.25, -0.2) is 0 Å². The monoisotopic (exact) mass is 347 g/mol. The second kappa shape index (κ2) is 7.49. The van der Waals surface area contributed by atoms with Crippen molar-refractivity contribution in [1.82, 2.24) is 10.2 Å². The molecular weight excluding hydrogens is 322 g/mol. The van der Waals surface area contributed by atoms with Crippen molar-refractivity contribution in [2.75, 3.05) is 19.7 Å². The lowest BCUT2D eigenvalue weighted by molar-refractivity contribution is -0.384. The van der Waals surface area contributed by atoms with Gasteiger partial charge < -0.3 is 10.1 Å². The Hall–Kier alpha value is -1.99. The normalized spacial score (nSPS) is 27.2. The van der Waals surface area contributed by atoms with E-state index in [1.165, 1.54) is 6.07 Å². The summed E-state index contributed by atoms with van der Waals surface area (Å²) in [6, 6.07) is 6.82. The van der Waals surface area contributed by atoms with Gasteiger partial charge in [0.05, 0.1) is 17.6 Å². The van der Waals surface area contributed by atoms with Gasteiger partial charge in [-0.1, -0.05) is 25.0 Å². The minimum atomic E-state index is -0.363. The number of ether oxygens (including phenoxy) is 1. The molecule has 2 atom stereocenters. The second-order valence-corrected chi connectivity index (χ2v) is 7.05. The molecule has 1 aromatic rings. The summed E-state index contributed by atoms with van der Waals surface area (Å²) in [5.74, 6) is -0.0225. The zero-order valence-corrected chi connectivity index (χ0v) is 14.6. The van der Waals surface area contributed by atoms with E-state index >= 15 is 0 Å². The zero-order chi connectivity index (χ0) is 17.9. The molecule has 0 bridgehead atoms. The van der Waals surface area contributed by atoms with Crippen molar-refractivity contribution in [3.63, 3.8) is 0 Å². The summed E-state index contributed by atoms with van der Waals surface area (Å²) >= 11 is 0. The highest BCUT2D eigenvalue weighted by Gasteiger charge is 2.45. The number of nitrogens with zero attached hydrogens (tertiary/aromatic N) is 2. The highest BCUT2D eigenvalue weighted by Crippen LogP contribution is 2.35. The lowest BCUT2D eigenvalue weighted by Gasteiger charge is -2.49. The number of rotatable bonds is 4. The third-order valence-corrected chi connectivity index (χ3v) is 5.17. The number of hydrogen-bond donors (Lipinski definition) is 1. The summed E-state index contributed by atoms with van der Waals surface area (Å²) in [7, 11) is 0. The largest absolute Gasteiger partial charge is 0.370 e. The first-order valence-electron chi connectivity index (χ1n) is 8.85. The van der Waals surface area contributed by atoms with Gasteiger partial charge in [-0.2, -0.15) is 0 Å². The molecule has 7 nitrogen and oxygen atoms in total. The highest BCUT2D eigenvalue weighted by atomic mass is 16.6. The lowest BCUT2D eigenvalue weighted by atomic mass is 9.78. The number of benzene rings is 1. The highest BCUT2D eigenvalue weighted by molar-refractivity contribution is 5.73. The van der Waals surface area contributed by atoms with Crippen LogP contribution < -0.4 is 5.32 Å². The van der Waals surface area contributed by atoms with Gasteiger partial charge in [0.2, 0.25) is 5.91 Å². The van der Waals surface area contributed by atoms with Gasteiger partial charge >= 0.3 is 0 Å². The number of carbonyl (C=O) groups is 1. The number of carbonyl (C=O) groups excluding carboxylic acids is 1. The van der Waals surface area contributed by atoms with Crippen LogP contribution in [0.1, 0.15) is 38.2 Å². The molecule has 0 radical (unpaired) electrons. The van der Waals surface area contributed by atoms with Gasteiger partial charge in [-0.05, 0) is 18.4 Å². The van der Waals surface area contributed by atoms with Gasteiger partial charge in [-0.15, -0.1) is 0 Å². The number of morpholine rings is 1. The van der Waals surface area contributed by atoms with Crippen LogP contribution in [0.3, 0.4) is 0 Å². The Morgan fingerprint density at radius 3 is 3.08 bits per heavy atom. The van der Waals surface area contributed by atoms with Crippen LogP contribution in [0.25, 0.3) is 0 Å². The van der Waals surface area contributed by atoms with E-state index in [2.05, 4.69) is 10.2 Å². The Morgan fingerprint density at radius 2 is 2.32 bits per heavy atom. The molecule has 2 aliphatic rings. The van der Waals surface area contributed by atoms with Crippen LogP contribution in [0.15, 0.2) is 24.3 Å². The minimum absolute atomic E-state index is 0.0225. The van der Waals surface area contributed by atoms with Crippen molar-refractivity contribution >= 4 is 11.6 Å². The maximum absolute atomic E-state index is 11.6. The van der Waals surface area contributed by atoms with Crippen molar-refractivity contribution < 1.29 is 14.5 Å². The smallest absolute Gasteiger partial charge is 0.269 e. The molecule has 1 aliphatic heterocycles. The van der Waals surface area contributed by atoms with E-state index in [9.17, 15) is 14.9 Å². The van der Waals surface area contributed by atoms with E-state index in [-0.39, 0.29) is 28.2 Å². The van der Waals surface area contributed by atoms with E-state index in [4.69, 9.17) is 4.74 Å². The van der Waals surface area contributed by atoms with Crippen LogP contribution in [0, 0.1) is 10.1 Å². The summed E-state index contributed by atoms with van der Waals surface area (Å²) in [4.78, 5) is 24.5. The van der Waals surface area contributed by atoms with E-state index < -0.39 is 0 Å². The molecule has 1 saturated heterocycles. The molecule has 1 spiro atoms. The van der Waals surface area contributed by atoms with Crippen LogP contribution in [0.4, 0.5) is 5.69 Å². The first-order valence-corrected chi connectivity index (χ1v) is 8.85. The molecule has 1 aliphatic carbocycles. The Balaban J connectivity index is 1.72. The third-order valence-electron chi connectivity index (χ3n) is 5.17. The van der Waals surface area contributed by atoms with Gasteiger partial charge in [0.15, 0.2) is 0 Å². The van der Waals surface area contributed by atoms with E-state index in [1.807, 2.05) is 6.07 Å². The first kappa shape index (κ1) is 17.8. The fourth-order valence-corrected chi connectivity index (χ4v) is 4.06. The van der Waals surface area contributed by atoms with Crippen LogP contribution in [-0.4, -0.2) is 47.1 Å². The van der Waals surface area contributed by atoms with Crippen molar-refractivity contribution in [3.8, 4) is 0 Å². The number of hydrogen-bond acceptors (Lipinski definition) is 5. The number of non-ortho nitro benzene ring substituents is 1. The van der Waals surface area contributed by atoms with Gasteiger partial charge in [0.1, 0.15) is 5.60 Å². The molecule has 2 fully saturated rings. The molecule has 0 unspecified atom stereocenters. The zero-order valence-electron chi connectivity index (χ0n) is 14.6. The molecule has 25 heavy (non-hydrogen) atoms. The topological polar surface area (TPSA) is 84.7 Å². The van der Waals surface area contributed by atoms with Gasteiger partial charge in [0, 0.05) is 38.7 Å². The van der Waals surface area contributed by atoms with E-state index in [0.717, 1.165) is 44.3 Å². The number of nitro benzene ring substituents is 1. The summed E-state index contributed by atoms with van der Waals surface area (Å²) in [5, 5.41) is 14.0. The Morgan fingerprint density at radius 1 is 1.48 bits per heavy atom. The van der Waals surface area contributed by atoms with Crippen LogP contribution in [0.2, 0.25) is 0 Å². The number of nitrogens with one attached hydrogen (secondary N) is 1. The van der Waals surface area contributed by atoms with Crippen molar-refractivity contribution in [1.29, 1.82) is 0 Å². The van der Waals surface area contributed by atoms with E-state index in [1.54, 1.807) is 19.1 Å². The molecule has 7 heteroatoms. The molecule has 0 aromatic heterocycles. The maximum Gasteiger partial charge on any atom is 0.269 e. The molecular formula is C18H25N3O4. The van der Waals surface area contributed by atoms with Crippen molar-refractivity contribution in [3.05, 3.63) is 39.9 Å². The molecule has 1 heterocycles. The molecule has 3 rings (SSSR count). The molecule has 1 amide bonds. The van der Waals surface area contributed by atoms with Gasteiger partial charge in [0.25, 0.3) is 5.69 Å². The second-order valence-electron chi connectivity index (χ2n) is 7.05. The number of amides is 1. The lowest BCUT2D eigenvalue weighted by Crippen LogP contribution is -2.63. The van der Waals surface area contributed by atoms with Gasteiger partial charge in [-0.3, -0.25) is 19.8 Å². The maximum atomic E-state index is 11.6. The van der Waals surface area contributed by atoms with Crippen molar-refractivity contribution in [2.24, 2.45) is 0 Å². The first-order chi connectivity index (χ1) is 12.0. The fraction of sp³-hybridized carbons (Fsp3) is 0.611. The fourth-order valence-electron chi connectivity index (χ4n) is 4.06. The predicted molar refractivity (Wildman–Crippen MR) is 93.1 cm³/mol. The Kier molecular flexibility index (Phi) is 5.34. The standard InChI is InChI=1S/C18H25N3O4/c1-14(22)19-17-7-2-3-8-18(17)13-20(9-10-25-18)12-15-5-4-6-16(11-15)21(23)24/h4-6,11,17H,2-3,7-10,12-13H2,1H3,(H,19,22)/t17-,18-/m0/s1. The molecule has 1 N–H and O–H groups in total. The average Bonchev–Trinajstić information content (AvgIpc) is 2.57. The van der Waals surface area contributed by atoms with Crippen LogP contribution in [-0.2, 0) is 16.1 Å². The predicted octanol–water partition coefficient (Wildman–Crippen LogP) is 2.24. The van der Waals surface area contributed by atoms with Crippen molar-refractivity contribution in [2.45, 2.75) is 50.8 Å². The SMILES string of the molecule is CC(=O)N[C@H]1CCCC[C@]12CN(Cc1cccc([N+](=O)[O-])c1)CCO2. The summed E-state index contributed by atoms with van der Waals surface area (Å²) in [6.45, 7) is 4.34. The van der Waals surface area contributed by atoms with Crippen LogP contribution >= 0.6 is 0 Å². The summed E-state index contributed by atoms with van der Waals surface area (Å²) < 4.78 is 6.19. The Bertz CT molecular complexity index is 647. The third kappa shape index (κ3) is 4.16. The quantitative estimate of drug-likeness (QED) is 0.667. The number of nitro groups is 1. The molecule has 136 valence electrons. The van der Waals surface area contributed by atoms with E-state index in [0.29, 0.717) is 13.2 Å². The summed E-state index contributed by atoms with van der Waals surface area (Å²) in [5.41, 5.74) is 0.704. The molecule has 1 saturated carbocycles. The van der Waals surface area contributed by atoms with Crippen LogP contribution in [0.5, 0.6) is 0 Å². The summed E-state index contributed by atoms with van der Waals surface area (Å²) in [6.07, 6.45) is 4.06. The minimum Gasteiger partial charge on any atom is -0.370 e.